The zero-order valence-corrected chi connectivity index (χ0v) is 20.8. The first-order chi connectivity index (χ1) is 16.9. The Bertz CT molecular complexity index is 1290. The first-order valence-electron chi connectivity index (χ1n) is 12.3. The quantitative estimate of drug-likeness (QED) is 0.416. The molecule has 0 saturated carbocycles. The van der Waals surface area contributed by atoms with Gasteiger partial charge >= 0.3 is 0 Å². The van der Waals surface area contributed by atoms with Crippen LogP contribution < -0.4 is 14.9 Å². The van der Waals surface area contributed by atoms with Gasteiger partial charge in [-0.1, -0.05) is 31.9 Å². The Kier molecular flexibility index (Phi) is 7.45. The minimum Gasteiger partial charge on any atom is -0.490 e. The molecule has 2 heterocycles. The number of carbonyl (C=O) groups excluding carboxylic acids is 1. The molecule has 0 fully saturated rings. The molecular formula is C28H33NO6. The summed E-state index contributed by atoms with van der Waals surface area (Å²) >= 11 is 0. The average Bonchev–Trinajstić information content (AvgIpc) is 3.11. The third kappa shape index (κ3) is 4.65. The highest BCUT2D eigenvalue weighted by Crippen LogP contribution is 2.41. The maximum atomic E-state index is 13.7. The van der Waals surface area contributed by atoms with E-state index in [0.29, 0.717) is 46.8 Å². The molecule has 0 spiro atoms. The van der Waals surface area contributed by atoms with E-state index in [2.05, 4.69) is 6.92 Å². The van der Waals surface area contributed by atoms with Gasteiger partial charge in [-0.15, -0.1) is 0 Å². The van der Waals surface area contributed by atoms with Gasteiger partial charge in [-0.2, -0.15) is 0 Å². The molecule has 2 aromatic carbocycles. The lowest BCUT2D eigenvalue weighted by Gasteiger charge is -2.25. The summed E-state index contributed by atoms with van der Waals surface area (Å²) in [6, 6.07) is 8.51. The largest absolute Gasteiger partial charge is 0.490 e. The second-order valence-electron chi connectivity index (χ2n) is 8.95. The van der Waals surface area contributed by atoms with Crippen LogP contribution in [-0.2, 0) is 0 Å². The van der Waals surface area contributed by atoms with Crippen LogP contribution in [0.4, 0.5) is 0 Å². The van der Waals surface area contributed by atoms with E-state index in [-0.39, 0.29) is 24.3 Å². The Labute approximate surface area is 205 Å². The smallest absolute Gasteiger partial charge is 0.290 e. The predicted molar refractivity (Wildman–Crippen MR) is 135 cm³/mol. The molecule has 0 radical (unpaired) electrons. The molecule has 1 N–H and O–H groups in total. The number of β-amino-alcohol motifs (C(OH)–C–C–N with tert-alkyl or cyclic N) is 1. The highest BCUT2D eigenvalue weighted by molar-refractivity contribution is 5.99. The van der Waals surface area contributed by atoms with Crippen LogP contribution >= 0.6 is 0 Å². The molecule has 0 saturated heterocycles. The fourth-order valence-electron chi connectivity index (χ4n) is 4.78. The zero-order chi connectivity index (χ0) is 25.1. The number of unbranched alkanes of at least 4 members (excludes halogenated alkanes) is 2. The highest BCUT2D eigenvalue weighted by atomic mass is 16.5. The monoisotopic (exact) mass is 479 g/mol. The van der Waals surface area contributed by atoms with Gasteiger partial charge in [0.15, 0.2) is 16.9 Å². The molecular weight excluding hydrogens is 446 g/mol. The van der Waals surface area contributed by atoms with Crippen molar-refractivity contribution in [3.05, 3.63) is 68.6 Å². The second kappa shape index (κ2) is 10.5. The summed E-state index contributed by atoms with van der Waals surface area (Å²) in [7, 11) is 0. The molecule has 1 aliphatic rings. The SMILES string of the molecule is CCCCCOc1ccc(C2c3c(oc4c(C)cc(C)cc4c3=O)C(=O)N2CCO)cc1OCC. The number of amides is 1. The van der Waals surface area contributed by atoms with E-state index in [0.717, 1.165) is 30.4 Å². The van der Waals surface area contributed by atoms with Crippen LogP contribution in [0.3, 0.4) is 0 Å². The lowest BCUT2D eigenvalue weighted by molar-refractivity contribution is 0.0691. The number of aryl methyl sites for hydroxylation is 2. The molecule has 4 rings (SSSR count). The van der Waals surface area contributed by atoms with E-state index in [4.69, 9.17) is 13.9 Å². The van der Waals surface area contributed by atoms with E-state index in [9.17, 15) is 14.7 Å². The fourth-order valence-corrected chi connectivity index (χ4v) is 4.78. The summed E-state index contributed by atoms with van der Waals surface area (Å²) in [5.74, 6) is 0.812. The number of nitrogens with zero attached hydrogens (tertiary/aromatic N) is 1. The number of aliphatic hydroxyl groups excluding tert-OH is 1. The Morgan fingerprint density at radius 3 is 2.54 bits per heavy atom. The van der Waals surface area contributed by atoms with Crippen LogP contribution in [0.5, 0.6) is 11.5 Å². The molecule has 1 aromatic heterocycles. The number of carbonyl (C=O) groups is 1. The molecule has 7 heteroatoms. The number of hydrogen-bond acceptors (Lipinski definition) is 6. The summed E-state index contributed by atoms with van der Waals surface area (Å²) in [5, 5.41) is 10.2. The molecule has 1 aliphatic heterocycles. The summed E-state index contributed by atoms with van der Waals surface area (Å²) in [6.07, 6.45) is 3.14. The van der Waals surface area contributed by atoms with Crippen molar-refractivity contribution in [2.75, 3.05) is 26.4 Å². The van der Waals surface area contributed by atoms with Crippen LogP contribution in [0.2, 0.25) is 0 Å². The van der Waals surface area contributed by atoms with Crippen LogP contribution in [-0.4, -0.2) is 42.3 Å². The molecule has 1 amide bonds. The van der Waals surface area contributed by atoms with Gasteiger partial charge in [0.25, 0.3) is 5.91 Å². The molecule has 7 nitrogen and oxygen atoms in total. The minimum absolute atomic E-state index is 0.0331. The van der Waals surface area contributed by atoms with Crippen LogP contribution in [0.25, 0.3) is 11.0 Å². The van der Waals surface area contributed by atoms with Crippen molar-refractivity contribution < 1.29 is 23.8 Å². The van der Waals surface area contributed by atoms with Gasteiger partial charge in [0.05, 0.1) is 36.8 Å². The first-order valence-corrected chi connectivity index (χ1v) is 12.3. The topological polar surface area (TPSA) is 89.2 Å². The zero-order valence-electron chi connectivity index (χ0n) is 20.8. The van der Waals surface area contributed by atoms with Crippen molar-refractivity contribution in [1.29, 1.82) is 0 Å². The van der Waals surface area contributed by atoms with Gasteiger partial charge in [-0.05, 0) is 62.1 Å². The van der Waals surface area contributed by atoms with Gasteiger partial charge < -0.3 is 23.9 Å². The molecule has 0 bridgehead atoms. The number of benzene rings is 2. The molecule has 1 atom stereocenters. The Morgan fingerprint density at radius 1 is 1.03 bits per heavy atom. The van der Waals surface area contributed by atoms with Crippen LogP contribution in [0.15, 0.2) is 39.5 Å². The first kappa shape index (κ1) is 24.8. The molecule has 35 heavy (non-hydrogen) atoms. The van der Waals surface area contributed by atoms with Crippen molar-refractivity contribution in [1.82, 2.24) is 4.90 Å². The van der Waals surface area contributed by atoms with Crippen molar-refractivity contribution >= 4 is 16.9 Å². The fraction of sp³-hybridized carbons (Fsp3) is 0.429. The maximum Gasteiger partial charge on any atom is 0.290 e. The van der Waals surface area contributed by atoms with Gasteiger partial charge in [0.2, 0.25) is 5.76 Å². The lowest BCUT2D eigenvalue weighted by Crippen LogP contribution is -2.32. The number of fused-ring (bicyclic) bond motifs is 2. The van der Waals surface area contributed by atoms with E-state index >= 15 is 0 Å². The van der Waals surface area contributed by atoms with Crippen LogP contribution in [0, 0.1) is 13.8 Å². The molecule has 0 aliphatic carbocycles. The minimum atomic E-state index is -0.695. The number of aliphatic hydroxyl groups is 1. The van der Waals surface area contributed by atoms with Crippen LogP contribution in [0.1, 0.15) is 72.0 Å². The number of ether oxygens (including phenoxy) is 2. The standard InChI is InChI=1S/C28H33NO6/c1-5-7-8-13-34-21-10-9-19(16-22(21)33-6-2)24-23-25(31)20-15-17(3)14-18(4)26(20)35-27(23)28(32)29(24)11-12-30/h9-10,14-16,24,30H,5-8,11-13H2,1-4H3. The molecule has 186 valence electrons. The molecule has 3 aromatic rings. The third-order valence-electron chi connectivity index (χ3n) is 6.33. The summed E-state index contributed by atoms with van der Waals surface area (Å²) < 4.78 is 17.9. The summed E-state index contributed by atoms with van der Waals surface area (Å²) in [4.78, 5) is 28.6. The average molecular weight is 480 g/mol. The van der Waals surface area contributed by atoms with Gasteiger partial charge in [-0.25, -0.2) is 0 Å². The van der Waals surface area contributed by atoms with E-state index in [1.54, 1.807) is 6.07 Å². The van der Waals surface area contributed by atoms with E-state index < -0.39 is 11.9 Å². The van der Waals surface area contributed by atoms with Gasteiger partial charge in [-0.3, -0.25) is 9.59 Å². The normalized spacial score (nSPS) is 15.1. The predicted octanol–water partition coefficient (Wildman–Crippen LogP) is 4.92. The van der Waals surface area contributed by atoms with Gasteiger partial charge in [0.1, 0.15) is 5.58 Å². The van der Waals surface area contributed by atoms with E-state index in [1.165, 1.54) is 4.90 Å². The van der Waals surface area contributed by atoms with Crippen molar-refractivity contribution in [3.8, 4) is 11.5 Å². The third-order valence-corrected chi connectivity index (χ3v) is 6.33. The summed E-state index contributed by atoms with van der Waals surface area (Å²) in [6.45, 7) is 8.69. The van der Waals surface area contributed by atoms with Crippen molar-refractivity contribution in [3.63, 3.8) is 0 Å². The summed E-state index contributed by atoms with van der Waals surface area (Å²) in [5.41, 5.74) is 2.92. The Morgan fingerprint density at radius 2 is 1.83 bits per heavy atom. The van der Waals surface area contributed by atoms with E-state index in [1.807, 2.05) is 45.0 Å². The lowest BCUT2D eigenvalue weighted by atomic mass is 9.97. The highest BCUT2D eigenvalue weighted by Gasteiger charge is 2.42. The second-order valence-corrected chi connectivity index (χ2v) is 8.95. The Hall–Kier alpha value is -3.32. The Balaban J connectivity index is 1.84. The van der Waals surface area contributed by atoms with Gasteiger partial charge in [0, 0.05) is 6.54 Å². The van der Waals surface area contributed by atoms with Crippen molar-refractivity contribution in [2.24, 2.45) is 0 Å². The van der Waals surface area contributed by atoms with Crippen molar-refractivity contribution in [2.45, 2.75) is 53.0 Å². The maximum absolute atomic E-state index is 13.7. The molecule has 1 unspecified atom stereocenters. The number of rotatable bonds is 10. The number of hydrogen-bond donors (Lipinski definition) is 1.